The largest absolute Gasteiger partial charge is 0.398 e. The lowest BCUT2D eigenvalue weighted by atomic mass is 10.0. The SMILES string of the molecule is N#CCc1c(-c2ccc3ccccc3c2)nc2ccc(N)cn12. The van der Waals surface area contributed by atoms with Crippen molar-refractivity contribution in [2.24, 2.45) is 0 Å². The van der Waals surface area contributed by atoms with E-state index in [2.05, 4.69) is 30.3 Å². The van der Waals surface area contributed by atoms with Crippen molar-refractivity contribution in [3.05, 3.63) is 66.5 Å². The minimum Gasteiger partial charge on any atom is -0.398 e. The van der Waals surface area contributed by atoms with Gasteiger partial charge in [0.05, 0.1) is 23.9 Å². The quantitative estimate of drug-likeness (QED) is 0.612. The van der Waals surface area contributed by atoms with E-state index >= 15 is 0 Å². The molecule has 0 fully saturated rings. The Labute approximate surface area is 133 Å². The van der Waals surface area contributed by atoms with E-state index in [0.717, 1.165) is 28.0 Å². The molecule has 0 saturated heterocycles. The summed E-state index contributed by atoms with van der Waals surface area (Å²) in [5.74, 6) is 0. The zero-order valence-corrected chi connectivity index (χ0v) is 12.4. The van der Waals surface area contributed by atoms with Gasteiger partial charge in [0.15, 0.2) is 0 Å². The maximum Gasteiger partial charge on any atom is 0.137 e. The van der Waals surface area contributed by atoms with Crippen molar-refractivity contribution in [1.82, 2.24) is 9.38 Å². The third kappa shape index (κ3) is 2.19. The maximum atomic E-state index is 9.19. The molecule has 0 aliphatic rings. The van der Waals surface area contributed by atoms with Gasteiger partial charge in [0.1, 0.15) is 5.65 Å². The summed E-state index contributed by atoms with van der Waals surface area (Å²) in [6, 6.07) is 20.4. The van der Waals surface area contributed by atoms with Gasteiger partial charge in [0.25, 0.3) is 0 Å². The monoisotopic (exact) mass is 298 g/mol. The molecule has 0 radical (unpaired) electrons. The fourth-order valence-corrected chi connectivity index (χ4v) is 2.92. The molecule has 2 N–H and O–H groups in total. The molecule has 0 bridgehead atoms. The number of aromatic nitrogens is 2. The highest BCUT2D eigenvalue weighted by atomic mass is 15.0. The van der Waals surface area contributed by atoms with Gasteiger partial charge in [-0.15, -0.1) is 0 Å². The van der Waals surface area contributed by atoms with E-state index < -0.39 is 0 Å². The highest BCUT2D eigenvalue weighted by molar-refractivity contribution is 5.87. The number of nitriles is 1. The molecule has 0 unspecified atom stereocenters. The topological polar surface area (TPSA) is 67.1 Å². The van der Waals surface area contributed by atoms with Crippen molar-refractivity contribution in [2.75, 3.05) is 5.73 Å². The van der Waals surface area contributed by atoms with E-state index in [1.54, 1.807) is 0 Å². The fraction of sp³-hybridized carbons (Fsp3) is 0.0526. The number of nitrogens with zero attached hydrogens (tertiary/aromatic N) is 3. The summed E-state index contributed by atoms with van der Waals surface area (Å²) < 4.78 is 1.91. The summed E-state index contributed by atoms with van der Waals surface area (Å²) in [5, 5.41) is 11.5. The van der Waals surface area contributed by atoms with Crippen LogP contribution in [0.2, 0.25) is 0 Å². The lowest BCUT2D eigenvalue weighted by molar-refractivity contribution is 1.06. The number of benzene rings is 2. The molecule has 110 valence electrons. The minimum atomic E-state index is 0.285. The average molecular weight is 298 g/mol. The lowest BCUT2D eigenvalue weighted by Crippen LogP contribution is -1.95. The van der Waals surface area contributed by atoms with Gasteiger partial charge in [-0.05, 0) is 29.0 Å². The second kappa shape index (κ2) is 5.15. The van der Waals surface area contributed by atoms with Crippen LogP contribution in [-0.2, 0) is 6.42 Å². The first-order valence-corrected chi connectivity index (χ1v) is 7.39. The van der Waals surface area contributed by atoms with Gasteiger partial charge in [-0.1, -0.05) is 36.4 Å². The van der Waals surface area contributed by atoms with Crippen LogP contribution in [0.15, 0.2) is 60.8 Å². The Morgan fingerprint density at radius 3 is 2.70 bits per heavy atom. The standard InChI is InChI=1S/C19H14N4/c20-10-9-17-19(22-18-8-7-16(21)12-23(17)18)15-6-5-13-3-1-2-4-14(13)11-15/h1-8,11-12H,9,21H2. The molecule has 0 saturated carbocycles. The first-order chi connectivity index (χ1) is 11.3. The number of nitrogens with two attached hydrogens (primary N) is 1. The Kier molecular flexibility index (Phi) is 2.99. The Morgan fingerprint density at radius 1 is 1.04 bits per heavy atom. The summed E-state index contributed by atoms with van der Waals surface area (Å²) in [4.78, 5) is 4.71. The summed E-state index contributed by atoms with van der Waals surface area (Å²) in [7, 11) is 0. The first-order valence-electron chi connectivity index (χ1n) is 7.39. The van der Waals surface area contributed by atoms with E-state index in [1.807, 2.05) is 40.9 Å². The second-order valence-electron chi connectivity index (χ2n) is 5.49. The van der Waals surface area contributed by atoms with E-state index in [4.69, 9.17) is 10.7 Å². The van der Waals surface area contributed by atoms with E-state index in [1.165, 1.54) is 5.39 Å². The molecule has 0 aliphatic carbocycles. The Bertz CT molecular complexity index is 1070. The molecule has 0 atom stereocenters. The summed E-state index contributed by atoms with van der Waals surface area (Å²) in [6.07, 6.45) is 2.10. The van der Waals surface area contributed by atoms with Gasteiger partial charge in [-0.25, -0.2) is 4.98 Å². The van der Waals surface area contributed by atoms with Gasteiger partial charge in [-0.3, -0.25) is 0 Å². The van der Waals surface area contributed by atoms with Crippen molar-refractivity contribution >= 4 is 22.1 Å². The summed E-state index contributed by atoms with van der Waals surface area (Å²) in [6.45, 7) is 0. The number of imidazole rings is 1. The van der Waals surface area contributed by atoms with Crippen LogP contribution in [0.4, 0.5) is 5.69 Å². The zero-order chi connectivity index (χ0) is 15.8. The van der Waals surface area contributed by atoms with Crippen molar-refractivity contribution in [2.45, 2.75) is 6.42 Å². The summed E-state index contributed by atoms with van der Waals surface area (Å²) >= 11 is 0. The maximum absolute atomic E-state index is 9.19. The van der Waals surface area contributed by atoms with Crippen LogP contribution in [0.5, 0.6) is 0 Å². The van der Waals surface area contributed by atoms with Crippen molar-refractivity contribution in [3.63, 3.8) is 0 Å². The molecule has 4 aromatic rings. The molecular formula is C19H14N4. The van der Waals surface area contributed by atoms with Gasteiger partial charge in [-0.2, -0.15) is 5.26 Å². The average Bonchev–Trinajstić information content (AvgIpc) is 2.93. The van der Waals surface area contributed by atoms with Crippen LogP contribution in [0, 0.1) is 11.3 Å². The van der Waals surface area contributed by atoms with Crippen molar-refractivity contribution in [1.29, 1.82) is 5.26 Å². The third-order valence-corrected chi connectivity index (χ3v) is 4.01. The fourth-order valence-electron chi connectivity index (χ4n) is 2.92. The van der Waals surface area contributed by atoms with Crippen LogP contribution in [-0.4, -0.2) is 9.38 Å². The number of fused-ring (bicyclic) bond motifs is 2. The molecule has 2 aromatic carbocycles. The van der Waals surface area contributed by atoms with Gasteiger partial charge in [0, 0.05) is 17.4 Å². The van der Waals surface area contributed by atoms with Crippen LogP contribution >= 0.6 is 0 Å². The molecule has 0 spiro atoms. The molecule has 4 nitrogen and oxygen atoms in total. The minimum absolute atomic E-state index is 0.285. The van der Waals surface area contributed by atoms with Crippen LogP contribution < -0.4 is 5.73 Å². The van der Waals surface area contributed by atoms with E-state index in [9.17, 15) is 5.26 Å². The summed E-state index contributed by atoms with van der Waals surface area (Å²) in [5.41, 5.74) is 10.0. The molecule has 2 aromatic heterocycles. The highest BCUT2D eigenvalue weighted by Gasteiger charge is 2.14. The number of nitrogen functional groups attached to an aromatic ring is 1. The van der Waals surface area contributed by atoms with Gasteiger partial charge in [0.2, 0.25) is 0 Å². The molecule has 23 heavy (non-hydrogen) atoms. The molecule has 4 rings (SSSR count). The molecule has 0 amide bonds. The van der Waals surface area contributed by atoms with Crippen LogP contribution in [0.25, 0.3) is 27.7 Å². The van der Waals surface area contributed by atoms with Crippen LogP contribution in [0.3, 0.4) is 0 Å². The Morgan fingerprint density at radius 2 is 1.87 bits per heavy atom. The first kappa shape index (κ1) is 13.4. The highest BCUT2D eigenvalue weighted by Crippen LogP contribution is 2.28. The molecule has 4 heteroatoms. The number of anilines is 1. The number of rotatable bonds is 2. The van der Waals surface area contributed by atoms with Crippen molar-refractivity contribution in [3.8, 4) is 17.3 Å². The third-order valence-electron chi connectivity index (χ3n) is 4.01. The van der Waals surface area contributed by atoms with E-state index in [0.29, 0.717) is 5.69 Å². The normalized spacial score (nSPS) is 10.9. The second-order valence-corrected chi connectivity index (χ2v) is 5.49. The number of pyridine rings is 1. The Balaban J connectivity index is 1.99. The van der Waals surface area contributed by atoms with Gasteiger partial charge < -0.3 is 10.1 Å². The zero-order valence-electron chi connectivity index (χ0n) is 12.4. The molecule has 0 aliphatic heterocycles. The van der Waals surface area contributed by atoms with Crippen molar-refractivity contribution < 1.29 is 0 Å². The number of hydrogen-bond acceptors (Lipinski definition) is 3. The van der Waals surface area contributed by atoms with E-state index in [-0.39, 0.29) is 6.42 Å². The van der Waals surface area contributed by atoms with Gasteiger partial charge >= 0.3 is 0 Å². The predicted octanol–water partition coefficient (Wildman–Crippen LogP) is 3.80. The van der Waals surface area contributed by atoms with Crippen LogP contribution in [0.1, 0.15) is 5.69 Å². The number of hydrogen-bond donors (Lipinski definition) is 1. The lowest BCUT2D eigenvalue weighted by Gasteiger charge is -2.04. The smallest absolute Gasteiger partial charge is 0.137 e. The predicted molar refractivity (Wildman–Crippen MR) is 91.9 cm³/mol. The Hall–Kier alpha value is -3.32. The molecular weight excluding hydrogens is 284 g/mol. The molecule has 2 heterocycles.